The third-order valence-electron chi connectivity index (χ3n) is 2.00. The van der Waals surface area contributed by atoms with Crippen molar-refractivity contribution in [2.75, 3.05) is 19.0 Å². The fourth-order valence-electron chi connectivity index (χ4n) is 1.08. The molecule has 1 aromatic rings. The second kappa shape index (κ2) is 7.47. The highest BCUT2D eigenvalue weighted by Crippen LogP contribution is 2.16. The Morgan fingerprint density at radius 1 is 1.32 bits per heavy atom. The summed E-state index contributed by atoms with van der Waals surface area (Å²) in [7, 11) is 1.19. The first-order valence-corrected chi connectivity index (χ1v) is 6.27. The number of nitrogens with zero attached hydrogens (tertiary/aromatic N) is 1. The lowest BCUT2D eigenvalue weighted by Gasteiger charge is -2.03. The smallest absolute Gasteiger partial charge is 0.344 e. The van der Waals surface area contributed by atoms with E-state index >= 15 is 0 Å². The van der Waals surface area contributed by atoms with Gasteiger partial charge in [0.1, 0.15) is 0 Å². The van der Waals surface area contributed by atoms with Gasteiger partial charge in [-0.25, -0.2) is 9.78 Å². The maximum atomic E-state index is 11.5. The predicted molar refractivity (Wildman–Crippen MR) is 67.7 cm³/mol. The van der Waals surface area contributed by atoms with E-state index in [4.69, 9.17) is 0 Å². The molecule has 0 atom stereocenters. The quantitative estimate of drug-likeness (QED) is 0.780. The summed E-state index contributed by atoms with van der Waals surface area (Å²) >= 11 is 1.35. The highest BCUT2D eigenvalue weighted by molar-refractivity contribution is 7.15. The number of thiazole rings is 1. The first-order valence-electron chi connectivity index (χ1n) is 5.46. The Hall–Kier alpha value is -1.96. The Bertz CT molecular complexity index is 471. The van der Waals surface area contributed by atoms with Crippen LogP contribution in [-0.2, 0) is 23.9 Å². The van der Waals surface area contributed by atoms with Gasteiger partial charge in [0.05, 0.1) is 13.5 Å². The Morgan fingerprint density at radius 3 is 2.63 bits per heavy atom. The van der Waals surface area contributed by atoms with Crippen LogP contribution in [0.3, 0.4) is 0 Å². The van der Waals surface area contributed by atoms with Gasteiger partial charge < -0.3 is 14.8 Å². The first-order chi connectivity index (χ1) is 9.01. The van der Waals surface area contributed by atoms with Crippen LogP contribution in [0.5, 0.6) is 0 Å². The minimum Gasteiger partial charge on any atom is -0.466 e. The van der Waals surface area contributed by atoms with E-state index in [0.717, 1.165) is 4.88 Å². The van der Waals surface area contributed by atoms with E-state index in [0.29, 0.717) is 5.13 Å². The van der Waals surface area contributed by atoms with Gasteiger partial charge >= 0.3 is 11.9 Å². The minimum absolute atomic E-state index is 0.0291. The van der Waals surface area contributed by atoms with Gasteiger partial charge in [0.2, 0.25) is 5.91 Å². The average molecular weight is 286 g/mol. The van der Waals surface area contributed by atoms with Gasteiger partial charge in [-0.3, -0.25) is 9.59 Å². The summed E-state index contributed by atoms with van der Waals surface area (Å²) in [5.74, 6) is -1.60. The van der Waals surface area contributed by atoms with E-state index in [1.165, 1.54) is 18.4 Å². The fraction of sp³-hybridized carbons (Fsp3) is 0.455. The molecule has 7 nitrogen and oxygen atoms in total. The van der Waals surface area contributed by atoms with Gasteiger partial charge in [-0.15, -0.1) is 11.3 Å². The van der Waals surface area contributed by atoms with Crippen LogP contribution in [0.15, 0.2) is 6.20 Å². The normalized spacial score (nSPS) is 9.79. The number of anilines is 1. The van der Waals surface area contributed by atoms with Gasteiger partial charge in [0.25, 0.3) is 0 Å². The van der Waals surface area contributed by atoms with E-state index in [2.05, 4.69) is 19.8 Å². The molecule has 1 rings (SSSR count). The van der Waals surface area contributed by atoms with Gasteiger partial charge in [0.15, 0.2) is 11.7 Å². The molecule has 0 bridgehead atoms. The number of nitrogens with one attached hydrogen (secondary N) is 1. The number of rotatable bonds is 6. The number of carbonyl (C=O) groups excluding carboxylic acids is 3. The molecular formula is C11H14N2O5S. The van der Waals surface area contributed by atoms with Gasteiger partial charge in [-0.2, -0.15) is 0 Å². The molecule has 104 valence electrons. The SMILES string of the molecule is COC(=O)COC(=O)CCC(=O)Nc1ncc(C)s1. The molecule has 0 aliphatic carbocycles. The highest BCUT2D eigenvalue weighted by Gasteiger charge is 2.11. The van der Waals surface area contributed by atoms with Gasteiger partial charge in [0, 0.05) is 17.5 Å². The number of methoxy groups -OCH3 is 1. The van der Waals surface area contributed by atoms with Crippen LogP contribution in [0.25, 0.3) is 0 Å². The molecule has 0 aromatic carbocycles. The highest BCUT2D eigenvalue weighted by atomic mass is 32.1. The van der Waals surface area contributed by atoms with Crippen molar-refractivity contribution in [1.82, 2.24) is 4.98 Å². The van der Waals surface area contributed by atoms with Gasteiger partial charge in [-0.1, -0.05) is 0 Å². The summed E-state index contributed by atoms with van der Waals surface area (Å²) in [6.45, 7) is 1.43. The van der Waals surface area contributed by atoms with Crippen molar-refractivity contribution in [3.63, 3.8) is 0 Å². The maximum absolute atomic E-state index is 11.5. The lowest BCUT2D eigenvalue weighted by atomic mass is 10.3. The molecule has 0 aliphatic heterocycles. The molecule has 0 saturated heterocycles. The Kier molecular flexibility index (Phi) is 5.94. The molecule has 0 fully saturated rings. The van der Waals surface area contributed by atoms with Crippen LogP contribution in [-0.4, -0.2) is 36.5 Å². The lowest BCUT2D eigenvalue weighted by Crippen LogP contribution is -2.17. The van der Waals surface area contributed by atoms with E-state index in [9.17, 15) is 14.4 Å². The second-order valence-corrected chi connectivity index (χ2v) is 4.80. The molecule has 0 unspecified atom stereocenters. The van der Waals surface area contributed by atoms with Gasteiger partial charge in [-0.05, 0) is 6.92 Å². The van der Waals surface area contributed by atoms with E-state index < -0.39 is 18.5 Å². The number of aryl methyl sites for hydroxylation is 1. The Morgan fingerprint density at radius 2 is 2.05 bits per heavy atom. The predicted octanol–water partition coefficient (Wildman–Crippen LogP) is 0.886. The molecule has 1 heterocycles. The van der Waals surface area contributed by atoms with E-state index in [1.807, 2.05) is 6.92 Å². The zero-order valence-electron chi connectivity index (χ0n) is 10.6. The van der Waals surface area contributed by atoms with Crippen LogP contribution < -0.4 is 5.32 Å². The number of carbonyl (C=O) groups is 3. The van der Waals surface area contributed by atoms with Crippen molar-refractivity contribution in [3.8, 4) is 0 Å². The molecule has 8 heteroatoms. The van der Waals surface area contributed by atoms with E-state index in [1.54, 1.807) is 6.20 Å². The van der Waals surface area contributed by atoms with E-state index in [-0.39, 0.29) is 18.7 Å². The third kappa shape index (κ3) is 5.96. The second-order valence-electron chi connectivity index (χ2n) is 3.56. The molecule has 0 radical (unpaired) electrons. The number of amides is 1. The molecule has 0 saturated carbocycles. The summed E-state index contributed by atoms with van der Waals surface area (Å²) < 4.78 is 8.90. The molecule has 0 aliphatic rings. The van der Waals surface area contributed by atoms with Crippen molar-refractivity contribution < 1.29 is 23.9 Å². The molecular weight excluding hydrogens is 272 g/mol. The number of aromatic nitrogens is 1. The van der Waals surface area contributed by atoms with Crippen LogP contribution in [0.1, 0.15) is 17.7 Å². The lowest BCUT2D eigenvalue weighted by molar-refractivity contribution is -0.157. The van der Waals surface area contributed by atoms with Crippen molar-refractivity contribution >= 4 is 34.3 Å². The first kappa shape index (κ1) is 15.1. The third-order valence-corrected chi connectivity index (χ3v) is 2.83. The van der Waals surface area contributed by atoms with Crippen LogP contribution >= 0.6 is 11.3 Å². The fourth-order valence-corrected chi connectivity index (χ4v) is 1.76. The molecule has 19 heavy (non-hydrogen) atoms. The summed E-state index contributed by atoms with van der Waals surface area (Å²) in [5.41, 5.74) is 0. The topological polar surface area (TPSA) is 94.6 Å². The summed E-state index contributed by atoms with van der Waals surface area (Å²) in [6, 6.07) is 0. The largest absolute Gasteiger partial charge is 0.466 e. The zero-order chi connectivity index (χ0) is 14.3. The minimum atomic E-state index is -0.643. The average Bonchev–Trinajstić information content (AvgIpc) is 2.78. The number of ether oxygens (including phenoxy) is 2. The van der Waals surface area contributed by atoms with Crippen LogP contribution in [0.4, 0.5) is 5.13 Å². The summed E-state index contributed by atoms with van der Waals surface area (Å²) in [6.07, 6.45) is 1.51. The van der Waals surface area contributed by atoms with Crippen LogP contribution in [0.2, 0.25) is 0 Å². The Labute approximate surface area is 113 Å². The molecule has 1 aromatic heterocycles. The van der Waals surface area contributed by atoms with Crippen molar-refractivity contribution in [3.05, 3.63) is 11.1 Å². The number of hydrogen-bond acceptors (Lipinski definition) is 7. The Balaban J connectivity index is 2.22. The maximum Gasteiger partial charge on any atom is 0.344 e. The summed E-state index contributed by atoms with van der Waals surface area (Å²) in [4.78, 5) is 38.3. The van der Waals surface area contributed by atoms with Crippen molar-refractivity contribution in [2.24, 2.45) is 0 Å². The van der Waals surface area contributed by atoms with Crippen LogP contribution in [0, 0.1) is 6.92 Å². The standard InChI is InChI=1S/C11H14N2O5S/c1-7-5-12-11(19-7)13-8(14)3-4-9(15)18-6-10(16)17-2/h5H,3-4,6H2,1-2H3,(H,12,13,14). The molecule has 0 spiro atoms. The molecule has 1 N–H and O–H groups in total. The van der Waals surface area contributed by atoms with Crippen molar-refractivity contribution in [2.45, 2.75) is 19.8 Å². The summed E-state index contributed by atoms with van der Waals surface area (Å²) in [5, 5.41) is 3.05. The zero-order valence-corrected chi connectivity index (χ0v) is 11.4. The number of hydrogen-bond donors (Lipinski definition) is 1. The number of esters is 2. The monoisotopic (exact) mass is 286 g/mol. The molecule has 1 amide bonds. The van der Waals surface area contributed by atoms with Crippen molar-refractivity contribution in [1.29, 1.82) is 0 Å².